The molecule has 1 atom stereocenters. The number of nitrogens with two attached hydrogens (primary N) is 1. The van der Waals surface area contributed by atoms with Gasteiger partial charge in [-0.15, -0.1) is 0 Å². The Morgan fingerprint density at radius 2 is 2.21 bits per heavy atom. The van der Waals surface area contributed by atoms with Gasteiger partial charge < -0.3 is 10.8 Å². The molecule has 82 valence electrons. The van der Waals surface area contributed by atoms with Crippen molar-refractivity contribution < 1.29 is 18.3 Å². The zero-order valence-electron chi connectivity index (χ0n) is 7.72. The Morgan fingerprint density at radius 1 is 1.57 bits per heavy atom. The molecule has 3 N–H and O–H groups in total. The maximum atomic E-state index is 11.5. The summed E-state index contributed by atoms with van der Waals surface area (Å²) in [5, 5.41) is 8.36. The average molecular weight is 222 g/mol. The van der Waals surface area contributed by atoms with Crippen LogP contribution in [0.3, 0.4) is 0 Å². The highest BCUT2D eigenvalue weighted by Crippen LogP contribution is 2.13. The number of sulfonamides is 1. The van der Waals surface area contributed by atoms with E-state index in [1.807, 2.05) is 0 Å². The number of carboxylic acid groups (broad SMARTS) is 1. The van der Waals surface area contributed by atoms with E-state index < -0.39 is 16.0 Å². The van der Waals surface area contributed by atoms with Crippen molar-refractivity contribution in [2.45, 2.75) is 18.9 Å². The van der Waals surface area contributed by atoms with Gasteiger partial charge in [0.15, 0.2) is 0 Å². The van der Waals surface area contributed by atoms with Crippen molar-refractivity contribution in [2.24, 2.45) is 5.73 Å². The zero-order valence-corrected chi connectivity index (χ0v) is 8.53. The lowest BCUT2D eigenvalue weighted by atomic mass is 10.3. The van der Waals surface area contributed by atoms with Crippen molar-refractivity contribution in [2.75, 3.05) is 18.8 Å². The lowest BCUT2D eigenvalue weighted by Crippen LogP contribution is -2.34. The van der Waals surface area contributed by atoms with Crippen LogP contribution in [-0.4, -0.2) is 48.7 Å². The van der Waals surface area contributed by atoms with Crippen molar-refractivity contribution in [1.82, 2.24) is 4.31 Å². The van der Waals surface area contributed by atoms with Gasteiger partial charge in [-0.25, -0.2) is 12.7 Å². The quantitative estimate of drug-likeness (QED) is 0.623. The first-order chi connectivity index (χ1) is 6.42. The van der Waals surface area contributed by atoms with Crippen LogP contribution in [0, 0.1) is 0 Å². The molecule has 1 rings (SSSR count). The van der Waals surface area contributed by atoms with Gasteiger partial charge in [-0.1, -0.05) is 0 Å². The first kappa shape index (κ1) is 11.4. The molecule has 7 heteroatoms. The predicted molar refractivity (Wildman–Crippen MR) is 50.2 cm³/mol. The van der Waals surface area contributed by atoms with Crippen molar-refractivity contribution in [3.8, 4) is 0 Å². The Kier molecular flexibility index (Phi) is 3.46. The van der Waals surface area contributed by atoms with Crippen LogP contribution in [0.5, 0.6) is 0 Å². The van der Waals surface area contributed by atoms with Crippen LogP contribution in [0.4, 0.5) is 0 Å². The Balaban J connectivity index is 2.53. The lowest BCUT2D eigenvalue weighted by molar-refractivity contribution is -0.136. The van der Waals surface area contributed by atoms with Crippen molar-refractivity contribution in [3.05, 3.63) is 0 Å². The molecule has 0 saturated carbocycles. The summed E-state index contributed by atoms with van der Waals surface area (Å²) in [6.45, 7) is 0.713. The van der Waals surface area contributed by atoms with Crippen molar-refractivity contribution in [1.29, 1.82) is 0 Å². The van der Waals surface area contributed by atoms with E-state index in [0.717, 1.165) is 0 Å². The molecule has 0 bridgehead atoms. The fourth-order valence-electron chi connectivity index (χ4n) is 1.35. The summed E-state index contributed by atoms with van der Waals surface area (Å²) in [5.74, 6) is -1.44. The van der Waals surface area contributed by atoms with Gasteiger partial charge in [0.05, 0.1) is 12.2 Å². The van der Waals surface area contributed by atoms with E-state index in [2.05, 4.69) is 0 Å². The zero-order chi connectivity index (χ0) is 10.8. The largest absolute Gasteiger partial charge is 0.481 e. The fourth-order valence-corrected chi connectivity index (χ4v) is 2.84. The molecule has 0 spiro atoms. The molecule has 0 aromatic rings. The Morgan fingerprint density at radius 3 is 2.64 bits per heavy atom. The highest BCUT2D eigenvalue weighted by Gasteiger charge is 2.29. The second-order valence-electron chi connectivity index (χ2n) is 3.37. The Labute approximate surface area is 82.7 Å². The third kappa shape index (κ3) is 2.93. The Bertz CT molecular complexity index is 314. The van der Waals surface area contributed by atoms with Crippen LogP contribution in [0.15, 0.2) is 0 Å². The number of hydrogen-bond donors (Lipinski definition) is 2. The topological polar surface area (TPSA) is 101 Å². The maximum absolute atomic E-state index is 11.5. The molecule has 1 unspecified atom stereocenters. The molecule has 1 saturated heterocycles. The summed E-state index contributed by atoms with van der Waals surface area (Å²) >= 11 is 0. The minimum Gasteiger partial charge on any atom is -0.481 e. The predicted octanol–water partition coefficient (Wildman–Crippen LogP) is -1.18. The minimum atomic E-state index is -3.42. The van der Waals surface area contributed by atoms with E-state index >= 15 is 0 Å². The monoisotopic (exact) mass is 222 g/mol. The van der Waals surface area contributed by atoms with E-state index in [-0.39, 0.29) is 18.2 Å². The molecule has 0 aromatic carbocycles. The maximum Gasteiger partial charge on any atom is 0.304 e. The summed E-state index contributed by atoms with van der Waals surface area (Å²) in [7, 11) is -3.42. The lowest BCUT2D eigenvalue weighted by Gasteiger charge is -2.14. The van der Waals surface area contributed by atoms with E-state index in [1.165, 1.54) is 4.31 Å². The van der Waals surface area contributed by atoms with Gasteiger partial charge in [0.1, 0.15) is 0 Å². The molecule has 1 heterocycles. The molecular weight excluding hydrogens is 208 g/mol. The number of carbonyl (C=O) groups is 1. The molecule has 1 fully saturated rings. The highest BCUT2D eigenvalue weighted by atomic mass is 32.2. The van der Waals surface area contributed by atoms with E-state index in [4.69, 9.17) is 10.8 Å². The van der Waals surface area contributed by atoms with Crippen LogP contribution >= 0.6 is 0 Å². The summed E-state index contributed by atoms with van der Waals surface area (Å²) in [6, 6.07) is -0.116. The minimum absolute atomic E-state index is 0.116. The summed E-state index contributed by atoms with van der Waals surface area (Å²) < 4.78 is 24.2. The van der Waals surface area contributed by atoms with Gasteiger partial charge in [-0.3, -0.25) is 4.79 Å². The Hall–Kier alpha value is -0.660. The average Bonchev–Trinajstić information content (AvgIpc) is 2.49. The van der Waals surface area contributed by atoms with Crippen LogP contribution in [0.2, 0.25) is 0 Å². The normalized spacial score (nSPS) is 23.9. The van der Waals surface area contributed by atoms with Crippen LogP contribution in [0.25, 0.3) is 0 Å². The third-order valence-electron chi connectivity index (χ3n) is 2.15. The molecule has 0 radical (unpaired) electrons. The van der Waals surface area contributed by atoms with Crippen LogP contribution in [-0.2, 0) is 14.8 Å². The highest BCUT2D eigenvalue weighted by molar-refractivity contribution is 7.89. The molecule has 0 amide bonds. The summed E-state index contributed by atoms with van der Waals surface area (Å²) in [5.41, 5.74) is 5.56. The summed E-state index contributed by atoms with van der Waals surface area (Å²) in [4.78, 5) is 10.2. The number of nitrogens with zero attached hydrogens (tertiary/aromatic N) is 1. The van der Waals surface area contributed by atoms with Crippen LogP contribution < -0.4 is 5.73 Å². The van der Waals surface area contributed by atoms with Crippen molar-refractivity contribution in [3.63, 3.8) is 0 Å². The standard InChI is InChI=1S/C7H14N2O4S/c8-6-1-3-9(5-6)14(12,13)4-2-7(10)11/h6H,1-5,8H2,(H,10,11). The smallest absolute Gasteiger partial charge is 0.304 e. The molecule has 1 aliphatic heterocycles. The van der Waals surface area contributed by atoms with Gasteiger partial charge in [-0.05, 0) is 6.42 Å². The molecule has 0 aromatic heterocycles. The van der Waals surface area contributed by atoms with E-state index in [1.54, 1.807) is 0 Å². The first-order valence-corrected chi connectivity index (χ1v) is 5.98. The van der Waals surface area contributed by atoms with E-state index in [9.17, 15) is 13.2 Å². The number of rotatable bonds is 4. The molecule has 0 aliphatic carbocycles. The summed E-state index contributed by atoms with van der Waals surface area (Å²) in [6.07, 6.45) is 0.292. The molecule has 1 aliphatic rings. The van der Waals surface area contributed by atoms with Gasteiger partial charge in [-0.2, -0.15) is 0 Å². The number of carboxylic acids is 1. The molecule has 6 nitrogen and oxygen atoms in total. The van der Waals surface area contributed by atoms with Gasteiger partial charge >= 0.3 is 5.97 Å². The van der Waals surface area contributed by atoms with E-state index in [0.29, 0.717) is 19.5 Å². The number of hydrogen-bond acceptors (Lipinski definition) is 4. The second kappa shape index (κ2) is 4.24. The fraction of sp³-hybridized carbons (Fsp3) is 0.857. The number of aliphatic carboxylic acids is 1. The van der Waals surface area contributed by atoms with Crippen molar-refractivity contribution >= 4 is 16.0 Å². The molecular formula is C7H14N2O4S. The van der Waals surface area contributed by atoms with Gasteiger partial charge in [0.25, 0.3) is 0 Å². The molecule has 14 heavy (non-hydrogen) atoms. The third-order valence-corrected chi connectivity index (χ3v) is 3.99. The van der Waals surface area contributed by atoms with Crippen LogP contribution in [0.1, 0.15) is 12.8 Å². The van der Waals surface area contributed by atoms with Gasteiger partial charge in [0, 0.05) is 19.1 Å². The first-order valence-electron chi connectivity index (χ1n) is 4.37. The SMILES string of the molecule is NC1CCN(S(=O)(=O)CCC(=O)O)C1. The second-order valence-corrected chi connectivity index (χ2v) is 5.45. The van der Waals surface area contributed by atoms with Gasteiger partial charge in [0.2, 0.25) is 10.0 Å².